The van der Waals surface area contributed by atoms with Crippen molar-refractivity contribution in [3.05, 3.63) is 29.3 Å². The first kappa shape index (κ1) is 11.9. The Labute approximate surface area is 94.2 Å². The van der Waals surface area contributed by atoms with Gasteiger partial charge in [-0.15, -0.1) is 0 Å². The Hall–Kier alpha value is -1.59. The topological polar surface area (TPSA) is 26.3 Å². The Bertz CT molecular complexity index is 468. The monoisotopic (exact) mass is 248 g/mol. The Kier molecular flexibility index (Phi) is 2.60. The number of carbonyl (C=O) groups excluding carboxylic acids is 1. The summed E-state index contributed by atoms with van der Waals surface area (Å²) in [6.45, 7) is 1.54. The molecule has 1 saturated carbocycles. The molecule has 1 aromatic carbocycles. The van der Waals surface area contributed by atoms with Crippen LogP contribution in [0.1, 0.15) is 19.8 Å². The number of esters is 1. The minimum Gasteiger partial charge on any atom is -0.420 e. The molecule has 92 valence electrons. The molecule has 2 nitrogen and oxygen atoms in total. The average Bonchev–Trinajstić information content (AvgIpc) is 3.01. The maximum absolute atomic E-state index is 13.2. The van der Waals surface area contributed by atoms with E-state index >= 15 is 0 Å². The Morgan fingerprint density at radius 3 is 2.06 bits per heavy atom. The van der Waals surface area contributed by atoms with Crippen LogP contribution in [0.4, 0.5) is 17.6 Å². The third-order valence-electron chi connectivity index (χ3n) is 2.76. The average molecular weight is 248 g/mol. The number of ether oxygens (including phenoxy) is 1. The van der Waals surface area contributed by atoms with Crippen LogP contribution < -0.4 is 4.74 Å². The van der Waals surface area contributed by atoms with Gasteiger partial charge in [-0.1, -0.05) is 0 Å². The third kappa shape index (κ3) is 1.99. The fourth-order valence-corrected chi connectivity index (χ4v) is 1.25. The number of halogens is 4. The van der Waals surface area contributed by atoms with Crippen molar-refractivity contribution in [3.8, 4) is 5.75 Å². The lowest BCUT2D eigenvalue weighted by atomic mass is 10.1. The van der Waals surface area contributed by atoms with Crippen LogP contribution in [0.25, 0.3) is 0 Å². The van der Waals surface area contributed by atoms with Gasteiger partial charge in [0.05, 0.1) is 5.41 Å². The van der Waals surface area contributed by atoms with Crippen LogP contribution in [0.5, 0.6) is 5.75 Å². The van der Waals surface area contributed by atoms with Crippen LogP contribution in [-0.4, -0.2) is 5.97 Å². The Balaban J connectivity index is 2.35. The molecule has 0 amide bonds. The number of rotatable bonds is 2. The molecule has 0 radical (unpaired) electrons. The zero-order valence-corrected chi connectivity index (χ0v) is 8.82. The summed E-state index contributed by atoms with van der Waals surface area (Å²) in [6.07, 6.45) is 1.04. The van der Waals surface area contributed by atoms with Crippen molar-refractivity contribution in [1.82, 2.24) is 0 Å². The second-order valence-corrected chi connectivity index (χ2v) is 4.25. The first-order valence-corrected chi connectivity index (χ1v) is 4.90. The molecule has 17 heavy (non-hydrogen) atoms. The number of hydrogen-bond acceptors (Lipinski definition) is 2. The predicted molar refractivity (Wildman–Crippen MR) is 49.3 cm³/mol. The van der Waals surface area contributed by atoms with Gasteiger partial charge in [0.15, 0.2) is 11.6 Å². The van der Waals surface area contributed by atoms with Crippen LogP contribution in [-0.2, 0) is 4.79 Å². The van der Waals surface area contributed by atoms with Gasteiger partial charge in [0.25, 0.3) is 0 Å². The van der Waals surface area contributed by atoms with Crippen LogP contribution in [0.15, 0.2) is 6.07 Å². The maximum Gasteiger partial charge on any atom is 0.317 e. The van der Waals surface area contributed by atoms with E-state index in [4.69, 9.17) is 0 Å². The van der Waals surface area contributed by atoms with Crippen molar-refractivity contribution in [3.63, 3.8) is 0 Å². The van der Waals surface area contributed by atoms with Gasteiger partial charge in [-0.2, -0.15) is 8.78 Å². The van der Waals surface area contributed by atoms with Gasteiger partial charge in [0.1, 0.15) is 0 Å². The van der Waals surface area contributed by atoms with Gasteiger partial charge in [0.2, 0.25) is 17.4 Å². The number of carbonyl (C=O) groups is 1. The summed E-state index contributed by atoms with van der Waals surface area (Å²) in [5.41, 5.74) is -0.804. The van der Waals surface area contributed by atoms with Crippen molar-refractivity contribution >= 4 is 5.97 Å². The number of hydrogen-bond donors (Lipinski definition) is 0. The lowest BCUT2D eigenvalue weighted by Gasteiger charge is -2.10. The zero-order chi connectivity index (χ0) is 12.8. The SMILES string of the molecule is CC1(C(=O)Oc2c(F)c(F)cc(F)c2F)CC1. The minimum absolute atomic E-state index is 0.0564. The normalized spacial score (nSPS) is 16.8. The Morgan fingerprint density at radius 2 is 1.65 bits per heavy atom. The maximum atomic E-state index is 13.2. The first-order chi connectivity index (χ1) is 7.85. The van der Waals surface area contributed by atoms with E-state index in [0.717, 1.165) is 0 Å². The second-order valence-electron chi connectivity index (χ2n) is 4.25. The molecule has 1 aliphatic rings. The molecular formula is C11H8F4O2. The highest BCUT2D eigenvalue weighted by Gasteiger charge is 2.47. The van der Waals surface area contributed by atoms with Crippen LogP contribution >= 0.6 is 0 Å². The lowest BCUT2D eigenvalue weighted by Crippen LogP contribution is -2.20. The summed E-state index contributed by atoms with van der Waals surface area (Å²) in [4.78, 5) is 11.4. The largest absolute Gasteiger partial charge is 0.420 e. The fraction of sp³-hybridized carbons (Fsp3) is 0.364. The molecule has 1 fully saturated rings. The summed E-state index contributed by atoms with van der Waals surface area (Å²) < 4.78 is 56.3. The van der Waals surface area contributed by atoms with E-state index in [0.29, 0.717) is 12.8 Å². The van der Waals surface area contributed by atoms with Gasteiger partial charge >= 0.3 is 5.97 Å². The molecule has 0 aliphatic heterocycles. The van der Waals surface area contributed by atoms with Crippen molar-refractivity contribution < 1.29 is 27.1 Å². The van der Waals surface area contributed by atoms with E-state index in [1.807, 2.05) is 0 Å². The molecular weight excluding hydrogens is 240 g/mol. The molecule has 0 aromatic heterocycles. The molecule has 1 aliphatic carbocycles. The zero-order valence-electron chi connectivity index (χ0n) is 8.82. The number of benzene rings is 1. The van der Waals surface area contributed by atoms with E-state index in [1.54, 1.807) is 6.92 Å². The molecule has 0 saturated heterocycles. The molecule has 0 atom stereocenters. The molecule has 0 heterocycles. The predicted octanol–water partition coefficient (Wildman–Crippen LogP) is 2.95. The van der Waals surface area contributed by atoms with Crippen LogP contribution in [0.2, 0.25) is 0 Å². The van der Waals surface area contributed by atoms with Crippen LogP contribution in [0.3, 0.4) is 0 Å². The molecule has 0 bridgehead atoms. The van der Waals surface area contributed by atoms with Gasteiger partial charge in [-0.05, 0) is 19.8 Å². The lowest BCUT2D eigenvalue weighted by molar-refractivity contribution is -0.140. The summed E-state index contributed by atoms with van der Waals surface area (Å²) in [7, 11) is 0. The van der Waals surface area contributed by atoms with Crippen molar-refractivity contribution in [2.45, 2.75) is 19.8 Å². The van der Waals surface area contributed by atoms with Crippen molar-refractivity contribution in [2.75, 3.05) is 0 Å². The molecule has 0 unspecified atom stereocenters. The van der Waals surface area contributed by atoms with Gasteiger partial charge in [-0.25, -0.2) is 8.78 Å². The molecule has 0 N–H and O–H groups in total. The smallest absolute Gasteiger partial charge is 0.317 e. The highest BCUT2D eigenvalue weighted by Crippen LogP contribution is 2.46. The van der Waals surface area contributed by atoms with Crippen LogP contribution in [0, 0.1) is 28.7 Å². The molecule has 6 heteroatoms. The second kappa shape index (κ2) is 3.72. The fourth-order valence-electron chi connectivity index (χ4n) is 1.25. The van der Waals surface area contributed by atoms with E-state index in [1.165, 1.54) is 0 Å². The van der Waals surface area contributed by atoms with E-state index in [-0.39, 0.29) is 6.07 Å². The minimum atomic E-state index is -1.71. The summed E-state index contributed by atoms with van der Waals surface area (Å²) in [5.74, 6) is -8.83. The van der Waals surface area contributed by atoms with Gasteiger partial charge in [0, 0.05) is 6.07 Å². The summed E-state index contributed by atoms with van der Waals surface area (Å²) in [5, 5.41) is 0. The Morgan fingerprint density at radius 1 is 1.18 bits per heavy atom. The van der Waals surface area contributed by atoms with Gasteiger partial charge in [-0.3, -0.25) is 4.79 Å². The first-order valence-electron chi connectivity index (χ1n) is 4.90. The highest BCUT2D eigenvalue weighted by atomic mass is 19.2. The van der Waals surface area contributed by atoms with Crippen molar-refractivity contribution in [1.29, 1.82) is 0 Å². The molecule has 0 spiro atoms. The molecule has 1 aromatic rings. The van der Waals surface area contributed by atoms with E-state index < -0.39 is 40.4 Å². The highest BCUT2D eigenvalue weighted by molar-refractivity contribution is 5.81. The third-order valence-corrected chi connectivity index (χ3v) is 2.76. The summed E-state index contributed by atoms with van der Waals surface area (Å²) >= 11 is 0. The quantitative estimate of drug-likeness (QED) is 0.348. The van der Waals surface area contributed by atoms with Crippen molar-refractivity contribution in [2.24, 2.45) is 5.41 Å². The standard InChI is InChI=1S/C11H8F4O2/c1-11(2-3-11)10(16)17-9-7(14)5(12)4-6(13)8(9)15/h4H,2-3H2,1H3. The molecule has 2 rings (SSSR count). The van der Waals surface area contributed by atoms with E-state index in [9.17, 15) is 22.4 Å². The summed E-state index contributed by atoms with van der Waals surface area (Å²) in [6, 6.07) is 0.0564. The van der Waals surface area contributed by atoms with E-state index in [2.05, 4.69) is 4.74 Å². The van der Waals surface area contributed by atoms with Gasteiger partial charge < -0.3 is 4.74 Å².